The summed E-state index contributed by atoms with van der Waals surface area (Å²) in [6.45, 7) is 5.01. The van der Waals surface area contributed by atoms with Crippen molar-refractivity contribution < 1.29 is 4.74 Å². The van der Waals surface area contributed by atoms with Gasteiger partial charge in [-0.25, -0.2) is 10.0 Å². The van der Waals surface area contributed by atoms with Crippen LogP contribution in [0.25, 0.3) is 0 Å². The van der Waals surface area contributed by atoms with E-state index in [1.807, 2.05) is 0 Å². The first-order valence-electron chi connectivity index (χ1n) is 11.0. The first-order chi connectivity index (χ1) is 12.4. The zero-order chi connectivity index (χ0) is 17.0. The van der Waals surface area contributed by atoms with Crippen LogP contribution in [0.1, 0.15) is 77.0 Å². The first-order valence-corrected chi connectivity index (χ1v) is 11.0. The number of rotatable bonds is 5. The third-order valence-corrected chi connectivity index (χ3v) is 6.77. The zero-order valence-corrected chi connectivity index (χ0v) is 16.0. The van der Waals surface area contributed by atoms with Gasteiger partial charge in [0.2, 0.25) is 0 Å². The van der Waals surface area contributed by atoms with Crippen LogP contribution in [0.4, 0.5) is 0 Å². The van der Waals surface area contributed by atoms with E-state index in [2.05, 4.69) is 20.7 Å². The summed E-state index contributed by atoms with van der Waals surface area (Å²) in [5.41, 5.74) is 0. The summed E-state index contributed by atoms with van der Waals surface area (Å²) in [5.74, 6) is -0.0212. The molecule has 4 fully saturated rings. The van der Waals surface area contributed by atoms with E-state index in [9.17, 15) is 0 Å². The number of hydrogen-bond acceptors (Lipinski definition) is 5. The van der Waals surface area contributed by atoms with Crippen LogP contribution >= 0.6 is 0 Å². The fraction of sp³-hybridized carbons (Fsp3) is 1.00. The molecule has 144 valence electrons. The summed E-state index contributed by atoms with van der Waals surface area (Å²) in [7, 11) is 0. The first kappa shape index (κ1) is 18.2. The maximum Gasteiger partial charge on any atom is 0.139 e. The average molecular weight is 351 g/mol. The summed E-state index contributed by atoms with van der Waals surface area (Å²) in [4.78, 5) is 0. The Morgan fingerprint density at radius 2 is 1.28 bits per heavy atom. The second-order valence-electron chi connectivity index (χ2n) is 8.61. The Morgan fingerprint density at radius 1 is 0.680 bits per heavy atom. The van der Waals surface area contributed by atoms with Crippen LogP contribution in [0, 0.1) is 0 Å². The van der Waals surface area contributed by atoms with Gasteiger partial charge < -0.3 is 4.74 Å². The molecule has 0 aromatic heterocycles. The molecular weight excluding hydrogens is 312 g/mol. The third-order valence-electron chi connectivity index (χ3n) is 6.77. The van der Waals surface area contributed by atoms with E-state index < -0.39 is 0 Å². The second kappa shape index (κ2) is 8.66. The molecule has 2 aliphatic carbocycles. The van der Waals surface area contributed by atoms with Crippen LogP contribution in [0.5, 0.6) is 0 Å². The Balaban J connectivity index is 1.53. The average Bonchev–Trinajstić information content (AvgIpc) is 3.16. The highest BCUT2D eigenvalue weighted by atomic mass is 16.5. The van der Waals surface area contributed by atoms with Gasteiger partial charge in [-0.05, 0) is 44.9 Å². The van der Waals surface area contributed by atoms with Crippen molar-refractivity contribution in [1.82, 2.24) is 20.7 Å². The number of hydrogen-bond donors (Lipinski definition) is 2. The number of ether oxygens (including phenoxy) is 1. The number of nitrogens with one attached hydrogen (secondary N) is 2. The minimum Gasteiger partial charge on any atom is -0.379 e. The lowest BCUT2D eigenvalue weighted by Gasteiger charge is -2.55. The normalized spacial score (nSPS) is 34.6. The molecule has 4 rings (SSSR count). The van der Waals surface area contributed by atoms with Gasteiger partial charge in [0.25, 0.3) is 0 Å². The minimum absolute atomic E-state index is 0.0212. The molecule has 0 amide bonds. The lowest BCUT2D eigenvalue weighted by Crippen LogP contribution is -2.76. The van der Waals surface area contributed by atoms with Crippen molar-refractivity contribution in [3.8, 4) is 0 Å². The maximum atomic E-state index is 5.63. The van der Waals surface area contributed by atoms with Gasteiger partial charge in [-0.15, -0.1) is 0 Å². The molecule has 1 unspecified atom stereocenters. The van der Waals surface area contributed by atoms with Crippen LogP contribution in [-0.4, -0.2) is 60.7 Å². The maximum absolute atomic E-state index is 5.63. The van der Waals surface area contributed by atoms with E-state index in [1.54, 1.807) is 0 Å². The van der Waals surface area contributed by atoms with Crippen molar-refractivity contribution >= 4 is 0 Å². The van der Waals surface area contributed by atoms with E-state index in [0.29, 0.717) is 12.1 Å². The minimum atomic E-state index is -0.0212. The van der Waals surface area contributed by atoms with Gasteiger partial charge >= 0.3 is 0 Å². The Bertz CT molecular complexity index is 403. The third kappa shape index (κ3) is 4.38. The van der Waals surface area contributed by atoms with Gasteiger partial charge in [0.1, 0.15) is 5.79 Å². The smallest absolute Gasteiger partial charge is 0.139 e. The fourth-order valence-corrected chi connectivity index (χ4v) is 5.47. The van der Waals surface area contributed by atoms with Crippen LogP contribution in [0.3, 0.4) is 0 Å². The van der Waals surface area contributed by atoms with E-state index in [-0.39, 0.29) is 5.79 Å². The Hall–Kier alpha value is -0.200. The molecule has 2 heterocycles. The predicted octanol–water partition coefficient (Wildman–Crippen LogP) is 2.83. The van der Waals surface area contributed by atoms with Crippen molar-refractivity contribution in [2.24, 2.45) is 0 Å². The van der Waals surface area contributed by atoms with Crippen molar-refractivity contribution in [1.29, 1.82) is 0 Å². The molecule has 2 N–H and O–H groups in total. The number of piperidine rings is 1. The van der Waals surface area contributed by atoms with Crippen LogP contribution in [0.15, 0.2) is 0 Å². The fourth-order valence-electron chi connectivity index (χ4n) is 5.47. The second-order valence-corrected chi connectivity index (χ2v) is 8.61. The van der Waals surface area contributed by atoms with E-state index >= 15 is 0 Å². The molecule has 2 saturated carbocycles. The summed E-state index contributed by atoms with van der Waals surface area (Å²) < 4.78 is 5.63. The van der Waals surface area contributed by atoms with Gasteiger partial charge in [-0.2, -0.15) is 0 Å². The number of morpholine rings is 1. The van der Waals surface area contributed by atoms with Gasteiger partial charge in [-0.1, -0.05) is 32.1 Å². The van der Waals surface area contributed by atoms with Crippen LogP contribution in [-0.2, 0) is 4.74 Å². The van der Waals surface area contributed by atoms with Crippen LogP contribution in [0.2, 0.25) is 0 Å². The highest BCUT2D eigenvalue weighted by molar-refractivity contribution is 4.95. The topological polar surface area (TPSA) is 39.8 Å². The molecule has 1 atom stereocenters. The number of nitrogens with zero attached hydrogens (tertiary/aromatic N) is 2. The van der Waals surface area contributed by atoms with E-state index in [0.717, 1.165) is 26.3 Å². The van der Waals surface area contributed by atoms with Gasteiger partial charge in [0.05, 0.1) is 13.2 Å². The molecule has 5 nitrogen and oxygen atoms in total. The Morgan fingerprint density at radius 3 is 1.92 bits per heavy atom. The van der Waals surface area contributed by atoms with Crippen molar-refractivity contribution in [3.63, 3.8) is 0 Å². The summed E-state index contributed by atoms with van der Waals surface area (Å²) >= 11 is 0. The molecule has 2 aliphatic heterocycles. The van der Waals surface area contributed by atoms with Gasteiger partial charge in [0.15, 0.2) is 0 Å². The van der Waals surface area contributed by atoms with Gasteiger partial charge in [0, 0.05) is 31.7 Å². The Labute approximate surface area is 153 Å². The van der Waals surface area contributed by atoms with E-state index in [1.165, 1.54) is 83.6 Å². The Kier molecular flexibility index (Phi) is 6.30. The quantitative estimate of drug-likeness (QED) is 0.746. The summed E-state index contributed by atoms with van der Waals surface area (Å²) in [5, 5.41) is 13.6. The van der Waals surface area contributed by atoms with Crippen molar-refractivity contribution in [2.75, 3.05) is 32.8 Å². The molecule has 0 radical (unpaired) electrons. The highest BCUT2D eigenvalue weighted by Crippen LogP contribution is 2.31. The lowest BCUT2D eigenvalue weighted by atomic mass is 9.93. The molecule has 2 saturated heterocycles. The van der Waals surface area contributed by atoms with Crippen LogP contribution < -0.4 is 10.6 Å². The summed E-state index contributed by atoms with van der Waals surface area (Å²) in [6, 6.07) is 1.38. The monoisotopic (exact) mass is 350 g/mol. The molecule has 5 heteroatoms. The van der Waals surface area contributed by atoms with Gasteiger partial charge in [-0.3, -0.25) is 10.6 Å². The standard InChI is InChI=1S/C20H38N4O/c1-2-8-18(9-3-1)21-20(22-19-10-4-5-11-19)12-6-7-13-24(20)23-14-16-25-17-15-23/h18-19,21-22H,1-17H2. The molecule has 0 aromatic rings. The molecule has 4 aliphatic rings. The van der Waals surface area contributed by atoms with E-state index in [4.69, 9.17) is 4.74 Å². The largest absolute Gasteiger partial charge is 0.379 e. The molecule has 0 aromatic carbocycles. The molecule has 0 spiro atoms. The predicted molar refractivity (Wildman–Crippen MR) is 101 cm³/mol. The molecule has 0 bridgehead atoms. The van der Waals surface area contributed by atoms with Crippen molar-refractivity contribution in [2.45, 2.75) is 94.9 Å². The zero-order valence-electron chi connectivity index (χ0n) is 16.0. The summed E-state index contributed by atoms with van der Waals surface area (Å²) in [6.07, 6.45) is 16.3. The van der Waals surface area contributed by atoms with Crippen molar-refractivity contribution in [3.05, 3.63) is 0 Å². The molecule has 25 heavy (non-hydrogen) atoms. The SMILES string of the molecule is C1CCC(NC2(NC3CCCC3)CCCCN2N2CCOCC2)CC1. The highest BCUT2D eigenvalue weighted by Gasteiger charge is 2.44. The lowest BCUT2D eigenvalue weighted by molar-refractivity contribution is -0.191. The number of hydrazine groups is 1. The molecular formula is C20H38N4O.